The van der Waals surface area contributed by atoms with Crippen molar-refractivity contribution in [3.63, 3.8) is 0 Å². The summed E-state index contributed by atoms with van der Waals surface area (Å²) in [6, 6.07) is 8.44. The highest BCUT2D eigenvalue weighted by molar-refractivity contribution is 7.99. The lowest BCUT2D eigenvalue weighted by atomic mass is 10.1. The topological polar surface area (TPSA) is 40.7 Å². The Hall–Kier alpha value is -1.42. The molecule has 0 fully saturated rings. The van der Waals surface area contributed by atoms with E-state index in [0.29, 0.717) is 0 Å². The van der Waals surface area contributed by atoms with E-state index in [2.05, 4.69) is 46.5 Å². The molecule has 1 heterocycles. The number of hydrogen-bond donors (Lipinski definition) is 2. The van der Waals surface area contributed by atoms with Crippen LogP contribution in [0.2, 0.25) is 0 Å². The van der Waals surface area contributed by atoms with Crippen LogP contribution in [-0.4, -0.2) is 28.0 Å². The molecule has 0 unspecified atom stereocenters. The molecule has 1 aromatic carbocycles. The molecular formula is C14H19N3S. The molecule has 1 aromatic heterocycles. The number of rotatable bonds is 7. The maximum atomic E-state index is 4.03. The fourth-order valence-corrected chi connectivity index (χ4v) is 2.37. The maximum Gasteiger partial charge on any atom is 0.0924 e. The number of imidazole rings is 1. The van der Waals surface area contributed by atoms with Gasteiger partial charge in [-0.15, -0.1) is 0 Å². The molecule has 96 valence electrons. The zero-order valence-corrected chi connectivity index (χ0v) is 11.5. The van der Waals surface area contributed by atoms with Gasteiger partial charge in [0.25, 0.3) is 0 Å². The van der Waals surface area contributed by atoms with Crippen molar-refractivity contribution in [2.24, 2.45) is 0 Å². The lowest BCUT2D eigenvalue weighted by molar-refractivity contribution is 0.992. The van der Waals surface area contributed by atoms with Crippen LogP contribution in [0, 0.1) is 0 Å². The average Bonchev–Trinajstić information content (AvgIpc) is 2.93. The van der Waals surface area contributed by atoms with Crippen LogP contribution in [-0.2, 0) is 0 Å². The molecule has 4 heteroatoms. The van der Waals surface area contributed by atoms with Crippen LogP contribution >= 0.6 is 11.8 Å². The molecule has 0 amide bonds. The summed E-state index contributed by atoms with van der Waals surface area (Å²) in [5, 5.41) is 3.44. The second kappa shape index (κ2) is 7.11. The third kappa shape index (κ3) is 3.81. The first-order valence-electron chi connectivity index (χ1n) is 6.30. The Morgan fingerprint density at radius 3 is 2.78 bits per heavy atom. The largest absolute Gasteiger partial charge is 0.385 e. The molecule has 3 nitrogen and oxygen atoms in total. The smallest absolute Gasteiger partial charge is 0.0924 e. The molecule has 0 aliphatic heterocycles. The van der Waals surface area contributed by atoms with Gasteiger partial charge in [0.1, 0.15) is 0 Å². The number of hydrogen-bond acceptors (Lipinski definition) is 3. The molecular weight excluding hydrogens is 242 g/mol. The fraction of sp³-hybridized carbons (Fsp3) is 0.357. The molecule has 0 atom stereocenters. The molecule has 0 spiro atoms. The average molecular weight is 261 g/mol. The van der Waals surface area contributed by atoms with E-state index in [-0.39, 0.29) is 0 Å². The van der Waals surface area contributed by atoms with Crippen molar-refractivity contribution < 1.29 is 0 Å². The summed E-state index contributed by atoms with van der Waals surface area (Å²) >= 11 is 1.99. The third-order valence-corrected chi connectivity index (χ3v) is 3.68. The molecule has 0 saturated heterocycles. The minimum Gasteiger partial charge on any atom is -0.385 e. The highest BCUT2D eigenvalue weighted by Gasteiger charge is 1.98. The van der Waals surface area contributed by atoms with Gasteiger partial charge in [-0.2, -0.15) is 11.8 Å². The van der Waals surface area contributed by atoms with Gasteiger partial charge in [0.2, 0.25) is 0 Å². The summed E-state index contributed by atoms with van der Waals surface area (Å²) in [6.45, 7) is 3.24. The number of anilines is 1. The van der Waals surface area contributed by atoms with Crippen molar-refractivity contribution in [1.29, 1.82) is 0 Å². The van der Waals surface area contributed by atoms with E-state index in [1.165, 1.54) is 29.2 Å². The predicted octanol–water partition coefficient (Wildman–Crippen LogP) is 3.63. The Bertz CT molecular complexity index is 437. The minimum atomic E-state index is 1.04. The van der Waals surface area contributed by atoms with Gasteiger partial charge in [-0.25, -0.2) is 4.98 Å². The number of H-pyrrole nitrogens is 1. The minimum absolute atomic E-state index is 1.04. The van der Waals surface area contributed by atoms with Crippen LogP contribution in [0.3, 0.4) is 0 Å². The highest BCUT2D eigenvalue weighted by Crippen LogP contribution is 2.18. The Morgan fingerprint density at radius 1 is 1.28 bits per heavy atom. The lowest BCUT2D eigenvalue weighted by Crippen LogP contribution is -2.02. The van der Waals surface area contributed by atoms with E-state index in [9.17, 15) is 0 Å². The standard InChI is InChI=1S/C14H19N3S/c1-2-18-9-3-8-16-13-6-4-12(5-7-13)14-10-15-11-17-14/h4-7,10-11,16H,2-3,8-9H2,1H3,(H,15,17). The van der Waals surface area contributed by atoms with Crippen molar-refractivity contribution in [3.8, 4) is 11.3 Å². The Balaban J connectivity index is 1.81. The summed E-state index contributed by atoms with van der Waals surface area (Å²) < 4.78 is 0. The monoisotopic (exact) mass is 261 g/mol. The van der Waals surface area contributed by atoms with Crippen LogP contribution in [0.25, 0.3) is 11.3 Å². The number of aromatic amines is 1. The summed E-state index contributed by atoms with van der Waals surface area (Å²) in [7, 11) is 0. The highest BCUT2D eigenvalue weighted by atomic mass is 32.2. The zero-order chi connectivity index (χ0) is 12.6. The lowest BCUT2D eigenvalue weighted by Gasteiger charge is -2.06. The SMILES string of the molecule is CCSCCCNc1ccc(-c2cnc[nH]2)cc1. The zero-order valence-electron chi connectivity index (χ0n) is 10.6. The summed E-state index contributed by atoms with van der Waals surface area (Å²) in [5.41, 5.74) is 3.40. The van der Waals surface area contributed by atoms with Gasteiger partial charge in [0.15, 0.2) is 0 Å². The Labute approximate surface area is 112 Å². The first kappa shape index (κ1) is 13.0. The molecule has 2 rings (SSSR count). The second-order valence-corrected chi connectivity index (χ2v) is 5.41. The van der Waals surface area contributed by atoms with Crippen LogP contribution < -0.4 is 5.32 Å². The van der Waals surface area contributed by atoms with Gasteiger partial charge in [-0.05, 0) is 35.6 Å². The number of benzene rings is 1. The van der Waals surface area contributed by atoms with E-state index < -0.39 is 0 Å². The van der Waals surface area contributed by atoms with Gasteiger partial charge in [0, 0.05) is 12.2 Å². The summed E-state index contributed by atoms with van der Waals surface area (Å²) in [5.74, 6) is 2.44. The van der Waals surface area contributed by atoms with Gasteiger partial charge < -0.3 is 10.3 Å². The molecule has 0 radical (unpaired) electrons. The van der Waals surface area contributed by atoms with Crippen LogP contribution in [0.5, 0.6) is 0 Å². The number of thioether (sulfide) groups is 1. The van der Waals surface area contributed by atoms with Crippen molar-refractivity contribution in [2.45, 2.75) is 13.3 Å². The quantitative estimate of drug-likeness (QED) is 0.748. The molecule has 2 N–H and O–H groups in total. The van der Waals surface area contributed by atoms with Crippen LogP contribution in [0.1, 0.15) is 13.3 Å². The Morgan fingerprint density at radius 2 is 2.11 bits per heavy atom. The van der Waals surface area contributed by atoms with Crippen molar-refractivity contribution in [3.05, 3.63) is 36.8 Å². The maximum absolute atomic E-state index is 4.03. The van der Waals surface area contributed by atoms with Gasteiger partial charge >= 0.3 is 0 Å². The van der Waals surface area contributed by atoms with E-state index >= 15 is 0 Å². The molecule has 0 bridgehead atoms. The van der Waals surface area contributed by atoms with E-state index in [0.717, 1.165) is 12.2 Å². The van der Waals surface area contributed by atoms with Crippen molar-refractivity contribution >= 4 is 17.4 Å². The number of nitrogens with one attached hydrogen (secondary N) is 2. The van der Waals surface area contributed by atoms with Gasteiger partial charge in [-0.1, -0.05) is 19.1 Å². The van der Waals surface area contributed by atoms with Crippen LogP contribution in [0.15, 0.2) is 36.8 Å². The fourth-order valence-electron chi connectivity index (χ4n) is 1.73. The van der Waals surface area contributed by atoms with Crippen LogP contribution in [0.4, 0.5) is 5.69 Å². The van der Waals surface area contributed by atoms with E-state index in [4.69, 9.17) is 0 Å². The first-order valence-corrected chi connectivity index (χ1v) is 7.46. The van der Waals surface area contributed by atoms with Crippen molar-refractivity contribution in [1.82, 2.24) is 9.97 Å². The van der Waals surface area contributed by atoms with E-state index in [1.54, 1.807) is 6.33 Å². The first-order chi connectivity index (χ1) is 8.90. The molecule has 0 aliphatic rings. The molecule has 0 saturated carbocycles. The molecule has 2 aromatic rings. The third-order valence-electron chi connectivity index (χ3n) is 2.69. The normalized spacial score (nSPS) is 10.5. The Kier molecular flexibility index (Phi) is 5.15. The second-order valence-electron chi connectivity index (χ2n) is 4.02. The number of nitrogens with zero attached hydrogens (tertiary/aromatic N) is 1. The number of aromatic nitrogens is 2. The molecule has 0 aliphatic carbocycles. The predicted molar refractivity (Wildman–Crippen MR) is 80.1 cm³/mol. The summed E-state index contributed by atoms with van der Waals surface area (Å²) in [6.07, 6.45) is 4.75. The van der Waals surface area contributed by atoms with Gasteiger partial charge in [-0.3, -0.25) is 0 Å². The van der Waals surface area contributed by atoms with E-state index in [1.807, 2.05) is 18.0 Å². The summed E-state index contributed by atoms with van der Waals surface area (Å²) in [4.78, 5) is 7.13. The molecule has 18 heavy (non-hydrogen) atoms. The van der Waals surface area contributed by atoms with Gasteiger partial charge in [0.05, 0.1) is 18.2 Å². The van der Waals surface area contributed by atoms with Crippen molar-refractivity contribution in [2.75, 3.05) is 23.4 Å².